The Kier molecular flexibility index (Phi) is 11.0. The van der Waals surface area contributed by atoms with Crippen molar-refractivity contribution in [2.45, 2.75) is 50.9 Å². The lowest BCUT2D eigenvalue weighted by Crippen LogP contribution is -2.53. The molecule has 1 amide bonds. The van der Waals surface area contributed by atoms with Gasteiger partial charge in [-0.1, -0.05) is 41.4 Å². The number of ether oxygens (including phenoxy) is 4. The normalized spacial score (nSPS) is 19.8. The predicted molar refractivity (Wildman–Crippen MR) is 195 cm³/mol. The summed E-state index contributed by atoms with van der Waals surface area (Å²) < 4.78 is 24.4. The molecule has 0 spiro atoms. The lowest BCUT2D eigenvalue weighted by Gasteiger charge is -2.44. The van der Waals surface area contributed by atoms with Gasteiger partial charge in [-0.3, -0.25) is 14.8 Å². The Balaban J connectivity index is 1.09. The topological polar surface area (TPSA) is 117 Å². The zero-order chi connectivity index (χ0) is 36.2. The average molecular weight is 748 g/mol. The summed E-state index contributed by atoms with van der Waals surface area (Å²) in [6, 6.07) is 15.8. The number of fused-ring (bicyclic) bond motifs is 3. The molecular weight excluding hydrogens is 707 g/mol. The molecule has 272 valence electrons. The van der Waals surface area contributed by atoms with E-state index in [0.29, 0.717) is 57.0 Å². The summed E-state index contributed by atoms with van der Waals surface area (Å²) in [5.74, 6) is 1.39. The van der Waals surface area contributed by atoms with Crippen LogP contribution in [0.25, 0.3) is 0 Å². The fraction of sp³-hybridized carbons (Fsp3) is 0.385. The van der Waals surface area contributed by atoms with E-state index in [1.807, 2.05) is 6.07 Å². The van der Waals surface area contributed by atoms with Crippen molar-refractivity contribution in [3.8, 4) is 11.5 Å². The van der Waals surface area contributed by atoms with Gasteiger partial charge in [0.2, 0.25) is 0 Å². The molecule has 0 unspecified atom stereocenters. The van der Waals surface area contributed by atoms with E-state index in [0.717, 1.165) is 50.9 Å². The number of carbonyl (C=O) groups excluding carboxylic acids is 2. The number of piperidine rings is 3. The Hall–Kier alpha value is -4.58. The molecule has 13 heteroatoms. The Morgan fingerprint density at radius 1 is 1.02 bits per heavy atom. The van der Waals surface area contributed by atoms with Crippen molar-refractivity contribution < 1.29 is 33.3 Å². The third-order valence-electron chi connectivity index (χ3n) is 9.98. The van der Waals surface area contributed by atoms with Crippen LogP contribution in [0.4, 0.5) is 10.5 Å². The standard InChI is InChI=1S/C39H40Cl2N4O7/c1-49-34-11-10-29(17-36(34)50-24-26-4-5-26)35(18-31-32(40)21-44(48)22-33(31)41)51-38(46)28-8-6-25(7-9-28)20-45(30-3-2-14-42-19-30)39(47)52-37-23-43-15-12-27(37)13-16-43/h2-3,6-11,14,17,19,21-22,26-27,35,37H,4-5,12-13,15-16,18,20,23-24H2,1H3/t35-,37-/m0/s1. The minimum atomic E-state index is -0.846. The van der Waals surface area contributed by atoms with Crippen molar-refractivity contribution in [2.75, 3.05) is 38.3 Å². The first kappa shape index (κ1) is 35.8. The molecule has 0 radical (unpaired) electrons. The van der Waals surface area contributed by atoms with Crippen LogP contribution in [-0.4, -0.2) is 61.4 Å². The average Bonchev–Trinajstić information content (AvgIpc) is 3.99. The van der Waals surface area contributed by atoms with Crippen LogP contribution < -0.4 is 19.1 Å². The van der Waals surface area contributed by atoms with Gasteiger partial charge in [0, 0.05) is 24.7 Å². The maximum absolute atomic E-state index is 13.7. The van der Waals surface area contributed by atoms with Gasteiger partial charge in [-0.25, -0.2) is 9.59 Å². The van der Waals surface area contributed by atoms with E-state index in [4.69, 9.17) is 42.1 Å². The highest BCUT2D eigenvalue weighted by Gasteiger charge is 2.37. The minimum absolute atomic E-state index is 0.0958. The van der Waals surface area contributed by atoms with E-state index in [1.165, 1.54) is 12.4 Å². The van der Waals surface area contributed by atoms with Gasteiger partial charge in [0.25, 0.3) is 0 Å². The summed E-state index contributed by atoms with van der Waals surface area (Å²) in [5.41, 5.74) is 2.79. The van der Waals surface area contributed by atoms with E-state index < -0.39 is 18.2 Å². The second-order valence-electron chi connectivity index (χ2n) is 13.6. The van der Waals surface area contributed by atoms with Crippen LogP contribution in [0.2, 0.25) is 10.0 Å². The first-order valence-corrected chi connectivity index (χ1v) is 18.3. The fourth-order valence-electron chi connectivity index (χ4n) is 6.78. The molecule has 2 bridgehead atoms. The third kappa shape index (κ3) is 8.54. The molecule has 4 fully saturated rings. The van der Waals surface area contributed by atoms with E-state index in [9.17, 15) is 14.8 Å². The Morgan fingerprint density at radius 3 is 2.40 bits per heavy atom. The molecule has 8 rings (SSSR count). The molecule has 1 saturated carbocycles. The van der Waals surface area contributed by atoms with Crippen molar-refractivity contribution in [1.82, 2.24) is 9.88 Å². The molecule has 4 aliphatic rings. The summed E-state index contributed by atoms with van der Waals surface area (Å²) >= 11 is 12.9. The van der Waals surface area contributed by atoms with Gasteiger partial charge in [-0.2, -0.15) is 4.73 Å². The lowest BCUT2D eigenvalue weighted by molar-refractivity contribution is -0.605. The second-order valence-corrected chi connectivity index (χ2v) is 14.4. The van der Waals surface area contributed by atoms with Crippen LogP contribution in [0.1, 0.15) is 58.8 Å². The van der Waals surface area contributed by atoms with Crippen molar-refractivity contribution in [1.29, 1.82) is 0 Å². The monoisotopic (exact) mass is 746 g/mol. The largest absolute Gasteiger partial charge is 0.619 e. The summed E-state index contributed by atoms with van der Waals surface area (Å²) in [6.07, 6.45) is 8.68. The van der Waals surface area contributed by atoms with Gasteiger partial charge >= 0.3 is 12.1 Å². The van der Waals surface area contributed by atoms with E-state index in [2.05, 4.69) is 9.88 Å². The first-order valence-electron chi connectivity index (χ1n) is 17.5. The number of esters is 1. The molecule has 2 atom stereocenters. The molecule has 5 heterocycles. The highest BCUT2D eigenvalue weighted by Crippen LogP contribution is 2.37. The SMILES string of the molecule is COc1ccc([C@H](Cc2c(Cl)c[n+]([O-])cc2Cl)OC(=O)c2ccc(CN(C(=O)O[C@H]3CN4CCC3CC4)c3cccnc3)cc2)cc1OCC1CC1. The molecule has 52 heavy (non-hydrogen) atoms. The molecule has 2 aromatic carbocycles. The van der Waals surface area contributed by atoms with E-state index >= 15 is 0 Å². The maximum atomic E-state index is 13.7. The molecule has 1 aliphatic carbocycles. The van der Waals surface area contributed by atoms with Gasteiger partial charge in [0.05, 0.1) is 37.7 Å². The third-order valence-corrected chi connectivity index (χ3v) is 10.6. The zero-order valence-corrected chi connectivity index (χ0v) is 30.3. The van der Waals surface area contributed by atoms with Crippen LogP contribution in [0.5, 0.6) is 11.5 Å². The molecule has 2 aromatic heterocycles. The number of nitrogens with zero attached hydrogens (tertiary/aromatic N) is 4. The van der Waals surface area contributed by atoms with Crippen LogP contribution >= 0.6 is 23.2 Å². The molecule has 11 nitrogen and oxygen atoms in total. The number of amides is 1. The highest BCUT2D eigenvalue weighted by atomic mass is 35.5. The smallest absolute Gasteiger partial charge is 0.414 e. The second kappa shape index (κ2) is 16.0. The zero-order valence-electron chi connectivity index (χ0n) is 28.8. The van der Waals surface area contributed by atoms with Crippen molar-refractivity contribution in [3.63, 3.8) is 0 Å². The first-order chi connectivity index (χ1) is 25.2. The number of pyridine rings is 2. The van der Waals surface area contributed by atoms with Crippen LogP contribution in [0, 0.1) is 17.0 Å². The number of anilines is 1. The van der Waals surface area contributed by atoms with Gasteiger partial charge < -0.3 is 24.2 Å². The number of rotatable bonds is 13. The molecule has 3 saturated heterocycles. The number of benzene rings is 2. The predicted octanol–water partition coefficient (Wildman–Crippen LogP) is 7.20. The molecule has 0 N–H and O–H groups in total. The van der Waals surface area contributed by atoms with E-state index in [1.54, 1.807) is 72.9 Å². The van der Waals surface area contributed by atoms with Gasteiger partial charge in [0.1, 0.15) is 22.3 Å². The Bertz CT molecular complexity index is 1860. The van der Waals surface area contributed by atoms with Crippen molar-refractivity contribution in [2.24, 2.45) is 11.8 Å². The van der Waals surface area contributed by atoms with Crippen molar-refractivity contribution >= 4 is 41.0 Å². The summed E-state index contributed by atoms with van der Waals surface area (Å²) in [5, 5.41) is 12.3. The summed E-state index contributed by atoms with van der Waals surface area (Å²) in [4.78, 5) is 35.5. The van der Waals surface area contributed by atoms with E-state index in [-0.39, 0.29) is 29.1 Å². The fourth-order valence-corrected chi connectivity index (χ4v) is 7.37. The minimum Gasteiger partial charge on any atom is -0.619 e. The number of hydrogen-bond donors (Lipinski definition) is 0. The summed E-state index contributed by atoms with van der Waals surface area (Å²) in [6.45, 7) is 3.62. The number of carbonyl (C=O) groups is 2. The van der Waals surface area contributed by atoms with Crippen LogP contribution in [0.15, 0.2) is 79.4 Å². The Labute approximate surface area is 312 Å². The maximum Gasteiger partial charge on any atom is 0.414 e. The Morgan fingerprint density at radius 2 is 1.77 bits per heavy atom. The van der Waals surface area contributed by atoms with Crippen LogP contribution in [0.3, 0.4) is 0 Å². The molecule has 3 aliphatic heterocycles. The number of halogens is 2. The van der Waals surface area contributed by atoms with Crippen LogP contribution in [-0.2, 0) is 22.4 Å². The molecule has 4 aromatic rings. The number of hydrogen-bond acceptors (Lipinski definition) is 9. The van der Waals surface area contributed by atoms with Gasteiger partial charge in [0.15, 0.2) is 23.9 Å². The van der Waals surface area contributed by atoms with Crippen molar-refractivity contribution in [3.05, 3.63) is 117 Å². The number of methoxy groups -OCH3 is 1. The highest BCUT2D eigenvalue weighted by molar-refractivity contribution is 6.35. The number of aromatic nitrogens is 2. The summed E-state index contributed by atoms with van der Waals surface area (Å²) in [7, 11) is 1.57. The quantitative estimate of drug-likeness (QED) is 0.0796. The van der Waals surface area contributed by atoms with Gasteiger partial charge in [-0.05, 0) is 98.1 Å². The lowest BCUT2D eigenvalue weighted by atomic mass is 9.86. The molecular formula is C39H40Cl2N4O7. The van der Waals surface area contributed by atoms with Gasteiger partial charge in [-0.15, -0.1) is 0 Å².